The van der Waals surface area contributed by atoms with Crippen molar-refractivity contribution in [1.29, 1.82) is 0 Å². The van der Waals surface area contributed by atoms with Crippen LogP contribution in [0.5, 0.6) is 0 Å². The Morgan fingerprint density at radius 2 is 1.87 bits per heavy atom. The monoisotopic (exact) mass is 204 g/mol. The molecule has 0 fully saturated rings. The second-order valence-electron chi connectivity index (χ2n) is 3.65. The number of hydrogen-bond donors (Lipinski definition) is 1. The minimum Gasteiger partial charge on any atom is -0.481 e. The standard InChI is InChI=1S/C13H16O2/c1-4-9(2)11-5-7-12(8-6-11)10(3)13(14)15/h4-8,10H,1-3H3,(H,14,15). The molecule has 2 nitrogen and oxygen atoms in total. The fourth-order valence-corrected chi connectivity index (χ4v) is 1.34. The van der Waals surface area contributed by atoms with Gasteiger partial charge in [0.25, 0.3) is 0 Å². The van der Waals surface area contributed by atoms with Crippen molar-refractivity contribution in [1.82, 2.24) is 0 Å². The first-order valence-electron chi connectivity index (χ1n) is 5.02. The van der Waals surface area contributed by atoms with E-state index in [4.69, 9.17) is 5.11 Å². The minimum absolute atomic E-state index is 0.440. The highest BCUT2D eigenvalue weighted by Crippen LogP contribution is 2.19. The van der Waals surface area contributed by atoms with Crippen LogP contribution < -0.4 is 0 Å². The predicted molar refractivity (Wildman–Crippen MR) is 61.8 cm³/mol. The molecule has 0 saturated carbocycles. The lowest BCUT2D eigenvalue weighted by molar-refractivity contribution is -0.138. The third-order valence-electron chi connectivity index (χ3n) is 2.67. The zero-order valence-corrected chi connectivity index (χ0v) is 9.32. The SMILES string of the molecule is CC=C(C)c1ccc(C(C)C(=O)O)cc1. The van der Waals surface area contributed by atoms with E-state index in [-0.39, 0.29) is 0 Å². The molecule has 0 aliphatic heterocycles. The average molecular weight is 204 g/mol. The Labute approximate surface area is 90.3 Å². The molecule has 1 rings (SSSR count). The number of aliphatic carboxylic acids is 1. The van der Waals surface area contributed by atoms with Crippen molar-refractivity contribution in [3.8, 4) is 0 Å². The summed E-state index contributed by atoms with van der Waals surface area (Å²) < 4.78 is 0. The predicted octanol–water partition coefficient (Wildman–Crippen LogP) is 3.30. The molecule has 1 unspecified atom stereocenters. The molecule has 0 amide bonds. The van der Waals surface area contributed by atoms with E-state index in [0.29, 0.717) is 0 Å². The Bertz CT molecular complexity index is 374. The smallest absolute Gasteiger partial charge is 0.310 e. The number of carboxylic acids is 1. The van der Waals surface area contributed by atoms with Crippen molar-refractivity contribution < 1.29 is 9.90 Å². The molecule has 0 aliphatic carbocycles. The van der Waals surface area contributed by atoms with Gasteiger partial charge >= 0.3 is 5.97 Å². The van der Waals surface area contributed by atoms with Crippen LogP contribution in [0, 0.1) is 0 Å². The number of allylic oxidation sites excluding steroid dienone is 2. The molecule has 15 heavy (non-hydrogen) atoms. The van der Waals surface area contributed by atoms with E-state index in [0.717, 1.165) is 11.1 Å². The molecule has 1 aromatic carbocycles. The molecular weight excluding hydrogens is 188 g/mol. The van der Waals surface area contributed by atoms with Gasteiger partial charge < -0.3 is 5.11 Å². The highest BCUT2D eigenvalue weighted by atomic mass is 16.4. The third kappa shape index (κ3) is 2.69. The Hall–Kier alpha value is -1.57. The molecule has 0 saturated heterocycles. The van der Waals surface area contributed by atoms with Crippen molar-refractivity contribution in [3.63, 3.8) is 0 Å². The molecule has 0 heterocycles. The molecule has 0 bridgehead atoms. The number of rotatable bonds is 3. The maximum Gasteiger partial charge on any atom is 0.310 e. The summed E-state index contributed by atoms with van der Waals surface area (Å²) in [5.41, 5.74) is 3.18. The average Bonchev–Trinajstić information content (AvgIpc) is 2.27. The van der Waals surface area contributed by atoms with Gasteiger partial charge in [-0.1, -0.05) is 30.3 Å². The first-order chi connectivity index (χ1) is 7.06. The van der Waals surface area contributed by atoms with Gasteiger partial charge in [-0.05, 0) is 37.5 Å². The van der Waals surface area contributed by atoms with E-state index in [1.807, 2.05) is 44.2 Å². The molecule has 0 radical (unpaired) electrons. The largest absolute Gasteiger partial charge is 0.481 e. The number of hydrogen-bond acceptors (Lipinski definition) is 1. The fraction of sp³-hybridized carbons (Fsp3) is 0.308. The van der Waals surface area contributed by atoms with Crippen LogP contribution in [0.1, 0.15) is 37.8 Å². The normalized spacial score (nSPS) is 13.7. The minimum atomic E-state index is -0.787. The van der Waals surface area contributed by atoms with E-state index in [1.54, 1.807) is 6.92 Å². The van der Waals surface area contributed by atoms with Gasteiger partial charge in [0.05, 0.1) is 5.92 Å². The lowest BCUT2D eigenvalue weighted by Gasteiger charge is -2.07. The van der Waals surface area contributed by atoms with Crippen molar-refractivity contribution >= 4 is 11.5 Å². The molecule has 1 aromatic rings. The molecule has 80 valence electrons. The van der Waals surface area contributed by atoms with E-state index in [2.05, 4.69) is 0 Å². The number of benzene rings is 1. The molecule has 2 heteroatoms. The van der Waals surface area contributed by atoms with E-state index >= 15 is 0 Å². The van der Waals surface area contributed by atoms with Gasteiger partial charge in [-0.25, -0.2) is 0 Å². The Morgan fingerprint density at radius 1 is 1.33 bits per heavy atom. The Kier molecular flexibility index (Phi) is 3.67. The molecule has 1 atom stereocenters. The first-order valence-corrected chi connectivity index (χ1v) is 5.02. The topological polar surface area (TPSA) is 37.3 Å². The molecule has 0 aliphatic rings. The summed E-state index contributed by atoms with van der Waals surface area (Å²) in [5.74, 6) is -1.23. The van der Waals surface area contributed by atoms with Crippen molar-refractivity contribution in [2.75, 3.05) is 0 Å². The van der Waals surface area contributed by atoms with Gasteiger partial charge in [0.2, 0.25) is 0 Å². The van der Waals surface area contributed by atoms with Crippen LogP contribution in [-0.4, -0.2) is 11.1 Å². The summed E-state index contributed by atoms with van der Waals surface area (Å²) in [4.78, 5) is 10.8. The van der Waals surface area contributed by atoms with Crippen LogP contribution in [0.15, 0.2) is 30.3 Å². The zero-order valence-electron chi connectivity index (χ0n) is 9.32. The maximum absolute atomic E-state index is 10.8. The fourth-order valence-electron chi connectivity index (χ4n) is 1.34. The summed E-state index contributed by atoms with van der Waals surface area (Å²) >= 11 is 0. The second kappa shape index (κ2) is 4.78. The number of carboxylic acid groups (broad SMARTS) is 1. The van der Waals surface area contributed by atoms with Crippen LogP contribution >= 0.6 is 0 Å². The highest BCUT2D eigenvalue weighted by Gasteiger charge is 2.12. The van der Waals surface area contributed by atoms with Crippen LogP contribution in [0.25, 0.3) is 5.57 Å². The summed E-state index contributed by atoms with van der Waals surface area (Å²) in [6, 6.07) is 7.68. The van der Waals surface area contributed by atoms with Gasteiger partial charge in [-0.15, -0.1) is 0 Å². The lowest BCUT2D eigenvalue weighted by atomic mass is 9.98. The quantitative estimate of drug-likeness (QED) is 0.820. The van der Waals surface area contributed by atoms with E-state index < -0.39 is 11.9 Å². The summed E-state index contributed by atoms with van der Waals surface area (Å²) in [5, 5.41) is 8.85. The van der Waals surface area contributed by atoms with Gasteiger partial charge in [-0.2, -0.15) is 0 Å². The van der Waals surface area contributed by atoms with Gasteiger partial charge in [-0.3, -0.25) is 4.79 Å². The zero-order chi connectivity index (χ0) is 11.4. The van der Waals surface area contributed by atoms with Crippen molar-refractivity contribution in [2.24, 2.45) is 0 Å². The van der Waals surface area contributed by atoms with Gasteiger partial charge in [0, 0.05) is 0 Å². The van der Waals surface area contributed by atoms with Crippen LogP contribution in [0.2, 0.25) is 0 Å². The lowest BCUT2D eigenvalue weighted by Crippen LogP contribution is -2.07. The highest BCUT2D eigenvalue weighted by molar-refractivity contribution is 5.75. The Morgan fingerprint density at radius 3 is 2.27 bits per heavy atom. The molecular formula is C13H16O2. The molecule has 0 spiro atoms. The maximum atomic E-state index is 10.8. The van der Waals surface area contributed by atoms with Crippen LogP contribution in [0.3, 0.4) is 0 Å². The summed E-state index contributed by atoms with van der Waals surface area (Å²) in [6.45, 7) is 5.72. The second-order valence-corrected chi connectivity index (χ2v) is 3.65. The van der Waals surface area contributed by atoms with Crippen molar-refractivity contribution in [2.45, 2.75) is 26.7 Å². The Balaban J connectivity index is 2.95. The molecule has 1 N–H and O–H groups in total. The third-order valence-corrected chi connectivity index (χ3v) is 2.67. The van der Waals surface area contributed by atoms with E-state index in [1.165, 1.54) is 5.57 Å². The number of carbonyl (C=O) groups is 1. The summed E-state index contributed by atoms with van der Waals surface area (Å²) in [7, 11) is 0. The molecule has 0 aromatic heterocycles. The summed E-state index contributed by atoms with van der Waals surface area (Å²) in [6.07, 6.45) is 2.04. The van der Waals surface area contributed by atoms with Crippen molar-refractivity contribution in [3.05, 3.63) is 41.5 Å². The van der Waals surface area contributed by atoms with Gasteiger partial charge in [0.1, 0.15) is 0 Å². The van der Waals surface area contributed by atoms with Crippen LogP contribution in [0.4, 0.5) is 0 Å². The van der Waals surface area contributed by atoms with E-state index in [9.17, 15) is 4.79 Å². The van der Waals surface area contributed by atoms with Crippen LogP contribution in [-0.2, 0) is 4.79 Å². The first kappa shape index (κ1) is 11.5. The van der Waals surface area contributed by atoms with Gasteiger partial charge in [0.15, 0.2) is 0 Å².